The van der Waals surface area contributed by atoms with Crippen LogP contribution in [0.3, 0.4) is 0 Å². The zero-order chi connectivity index (χ0) is 10.1. The van der Waals surface area contributed by atoms with Gasteiger partial charge in [-0.05, 0) is 0 Å². The van der Waals surface area contributed by atoms with Gasteiger partial charge in [0.2, 0.25) is 6.54 Å². The molecule has 70 valence electrons. The van der Waals surface area contributed by atoms with Crippen LogP contribution in [0.5, 0.6) is 0 Å². The maximum absolute atomic E-state index is 12.2. The second-order valence-electron chi connectivity index (χ2n) is 2.49. The van der Waals surface area contributed by atoms with E-state index in [9.17, 15) is 13.2 Å². The molecule has 0 radical (unpaired) electrons. The lowest BCUT2D eigenvalue weighted by atomic mass is 10.2. The molecular weight excluding hydrogens is 183 g/mol. The van der Waals surface area contributed by atoms with Crippen LogP contribution in [0.25, 0.3) is 4.85 Å². The van der Waals surface area contributed by atoms with Crippen molar-refractivity contribution in [3.05, 3.63) is 28.9 Å². The van der Waals surface area contributed by atoms with Crippen LogP contribution in [0, 0.1) is 6.57 Å². The first-order valence-electron chi connectivity index (χ1n) is 3.38. The molecule has 0 aliphatic carbocycles. The predicted molar refractivity (Wildman–Crippen MR) is 38.5 cm³/mol. The van der Waals surface area contributed by atoms with Crippen molar-refractivity contribution in [1.82, 2.24) is 9.78 Å². The standard InChI is InChI=1S/C7H6F3N3/c1-11-3-5-4-13(2)12-6(5)7(8,9)10/h4H,3H2,2H3. The number of alkyl halides is 3. The first-order chi connectivity index (χ1) is 5.95. The minimum atomic E-state index is -4.47. The Balaban J connectivity index is 3.13. The van der Waals surface area contributed by atoms with E-state index >= 15 is 0 Å². The highest BCUT2D eigenvalue weighted by Crippen LogP contribution is 2.30. The molecule has 0 N–H and O–H groups in total. The highest BCUT2D eigenvalue weighted by molar-refractivity contribution is 5.21. The summed E-state index contributed by atoms with van der Waals surface area (Å²) >= 11 is 0. The fourth-order valence-electron chi connectivity index (χ4n) is 0.977. The molecule has 0 saturated carbocycles. The minimum Gasteiger partial charge on any atom is -0.312 e. The molecule has 0 amide bonds. The van der Waals surface area contributed by atoms with E-state index < -0.39 is 11.9 Å². The van der Waals surface area contributed by atoms with Gasteiger partial charge in [-0.1, -0.05) is 0 Å². The molecular formula is C7H6F3N3. The van der Waals surface area contributed by atoms with Crippen molar-refractivity contribution >= 4 is 0 Å². The second-order valence-corrected chi connectivity index (χ2v) is 2.49. The van der Waals surface area contributed by atoms with Crippen molar-refractivity contribution in [3.63, 3.8) is 0 Å². The van der Waals surface area contributed by atoms with Gasteiger partial charge in [-0.3, -0.25) is 4.68 Å². The Hall–Kier alpha value is -1.51. The topological polar surface area (TPSA) is 22.2 Å². The third-order valence-electron chi connectivity index (χ3n) is 1.42. The van der Waals surface area contributed by atoms with Crippen molar-refractivity contribution in [2.45, 2.75) is 12.7 Å². The van der Waals surface area contributed by atoms with E-state index in [1.165, 1.54) is 13.2 Å². The van der Waals surface area contributed by atoms with Gasteiger partial charge < -0.3 is 4.85 Å². The molecule has 3 nitrogen and oxygen atoms in total. The largest absolute Gasteiger partial charge is 0.435 e. The Kier molecular flexibility index (Phi) is 2.28. The predicted octanol–water partition coefficient (Wildman–Crippen LogP) is 1.86. The van der Waals surface area contributed by atoms with Gasteiger partial charge in [-0.2, -0.15) is 18.3 Å². The second kappa shape index (κ2) is 3.09. The Morgan fingerprint density at radius 1 is 1.62 bits per heavy atom. The molecule has 0 saturated heterocycles. The number of halogens is 3. The van der Waals surface area contributed by atoms with Crippen molar-refractivity contribution in [1.29, 1.82) is 0 Å². The van der Waals surface area contributed by atoms with Crippen molar-refractivity contribution in [2.75, 3.05) is 0 Å². The lowest BCUT2D eigenvalue weighted by Crippen LogP contribution is -2.09. The molecule has 6 heteroatoms. The van der Waals surface area contributed by atoms with Gasteiger partial charge in [0.15, 0.2) is 5.69 Å². The molecule has 1 rings (SSSR count). The van der Waals surface area contributed by atoms with Crippen LogP contribution in [0.15, 0.2) is 6.20 Å². The number of rotatable bonds is 1. The summed E-state index contributed by atoms with van der Waals surface area (Å²) in [5.74, 6) is 0. The summed E-state index contributed by atoms with van der Waals surface area (Å²) < 4.78 is 37.7. The van der Waals surface area contributed by atoms with Crippen LogP contribution >= 0.6 is 0 Å². The van der Waals surface area contributed by atoms with E-state index in [1.807, 2.05) is 0 Å². The summed E-state index contributed by atoms with van der Waals surface area (Å²) in [7, 11) is 1.39. The van der Waals surface area contributed by atoms with Crippen LogP contribution < -0.4 is 0 Å². The summed E-state index contributed by atoms with van der Waals surface area (Å²) in [5.41, 5.74) is -1.05. The Morgan fingerprint density at radius 3 is 2.69 bits per heavy atom. The van der Waals surface area contributed by atoms with Gasteiger partial charge in [0.1, 0.15) is 0 Å². The average Bonchev–Trinajstić information content (AvgIpc) is 2.30. The van der Waals surface area contributed by atoms with Crippen LogP contribution in [0.2, 0.25) is 0 Å². The van der Waals surface area contributed by atoms with E-state index in [2.05, 4.69) is 9.94 Å². The smallest absolute Gasteiger partial charge is 0.312 e. The maximum Gasteiger partial charge on any atom is 0.435 e. The van der Waals surface area contributed by atoms with E-state index in [-0.39, 0.29) is 12.1 Å². The highest BCUT2D eigenvalue weighted by Gasteiger charge is 2.37. The van der Waals surface area contributed by atoms with Crippen molar-refractivity contribution < 1.29 is 13.2 Å². The molecule has 0 aliphatic heterocycles. The van der Waals surface area contributed by atoms with Gasteiger partial charge in [0, 0.05) is 13.2 Å². The molecule has 0 bridgehead atoms. The minimum absolute atomic E-state index is 0.0787. The average molecular weight is 189 g/mol. The normalized spacial score (nSPS) is 11.3. The third kappa shape index (κ3) is 1.99. The molecule has 0 unspecified atom stereocenters. The molecule has 0 aliphatic rings. The molecule has 1 aromatic heterocycles. The summed E-state index contributed by atoms with van der Waals surface area (Å²) in [6.07, 6.45) is -3.26. The third-order valence-corrected chi connectivity index (χ3v) is 1.42. The fraction of sp³-hybridized carbons (Fsp3) is 0.429. The first kappa shape index (κ1) is 9.58. The van der Waals surface area contributed by atoms with E-state index in [1.54, 1.807) is 0 Å². The van der Waals surface area contributed by atoms with Crippen LogP contribution in [0.1, 0.15) is 11.3 Å². The monoisotopic (exact) mass is 189 g/mol. The van der Waals surface area contributed by atoms with Gasteiger partial charge in [0.05, 0.1) is 5.56 Å². The van der Waals surface area contributed by atoms with Gasteiger partial charge in [-0.15, -0.1) is 0 Å². The number of nitrogens with zero attached hydrogens (tertiary/aromatic N) is 3. The lowest BCUT2D eigenvalue weighted by molar-refractivity contribution is -0.142. The molecule has 0 spiro atoms. The highest BCUT2D eigenvalue weighted by atomic mass is 19.4. The zero-order valence-electron chi connectivity index (χ0n) is 6.76. The molecule has 13 heavy (non-hydrogen) atoms. The Bertz CT molecular complexity index is 345. The summed E-state index contributed by atoms with van der Waals surface area (Å²) in [5, 5.41) is 3.25. The van der Waals surface area contributed by atoms with Gasteiger partial charge in [0.25, 0.3) is 0 Å². The van der Waals surface area contributed by atoms with E-state index in [4.69, 9.17) is 6.57 Å². The van der Waals surface area contributed by atoms with E-state index in [0.29, 0.717) is 0 Å². The quantitative estimate of drug-likeness (QED) is 0.618. The SMILES string of the molecule is [C-]#[N+]Cc1cn(C)nc1C(F)(F)F. The van der Waals surface area contributed by atoms with Gasteiger partial charge in [-0.25, -0.2) is 6.57 Å². The Morgan fingerprint density at radius 2 is 2.23 bits per heavy atom. The summed E-state index contributed by atoms with van der Waals surface area (Å²) in [6, 6.07) is 0. The Labute approximate surface area is 72.6 Å². The van der Waals surface area contributed by atoms with Crippen LogP contribution in [-0.4, -0.2) is 9.78 Å². The van der Waals surface area contributed by atoms with Crippen LogP contribution in [-0.2, 0) is 19.8 Å². The lowest BCUT2D eigenvalue weighted by Gasteiger charge is -2.01. The molecule has 0 atom stereocenters. The number of aromatic nitrogens is 2. The number of aryl methyl sites for hydroxylation is 1. The molecule has 1 aromatic rings. The first-order valence-corrected chi connectivity index (χ1v) is 3.38. The zero-order valence-corrected chi connectivity index (χ0v) is 6.76. The van der Waals surface area contributed by atoms with Crippen molar-refractivity contribution in [3.8, 4) is 0 Å². The molecule has 0 aromatic carbocycles. The fourth-order valence-corrected chi connectivity index (χ4v) is 0.977. The molecule has 1 heterocycles. The summed E-state index contributed by atoms with van der Waals surface area (Å²) in [6.45, 7) is 6.18. The van der Waals surface area contributed by atoms with Crippen LogP contribution in [0.4, 0.5) is 13.2 Å². The van der Waals surface area contributed by atoms with E-state index in [0.717, 1.165) is 4.68 Å². The summed E-state index contributed by atoms with van der Waals surface area (Å²) in [4.78, 5) is 2.89. The number of hydrogen-bond acceptors (Lipinski definition) is 1. The number of hydrogen-bond donors (Lipinski definition) is 0. The van der Waals surface area contributed by atoms with Crippen molar-refractivity contribution in [2.24, 2.45) is 7.05 Å². The molecule has 0 fully saturated rings. The van der Waals surface area contributed by atoms with Gasteiger partial charge >= 0.3 is 6.18 Å². The maximum atomic E-state index is 12.2.